The molecule has 5 heteroatoms. The summed E-state index contributed by atoms with van der Waals surface area (Å²) in [6, 6.07) is 0.134. The van der Waals surface area contributed by atoms with Crippen LogP contribution in [0.5, 0.6) is 0 Å². The van der Waals surface area contributed by atoms with Gasteiger partial charge in [0, 0.05) is 32.7 Å². The molecule has 2 aliphatic heterocycles. The molecule has 0 radical (unpaired) electrons. The minimum absolute atomic E-state index is 0.134. The fourth-order valence-corrected chi connectivity index (χ4v) is 4.38. The summed E-state index contributed by atoms with van der Waals surface area (Å²) in [6.45, 7) is 6.69. The first-order chi connectivity index (χ1) is 11.7. The lowest BCUT2D eigenvalue weighted by atomic mass is 10.1. The van der Waals surface area contributed by atoms with E-state index in [1.54, 1.807) is 0 Å². The molecule has 0 N–H and O–H groups in total. The van der Waals surface area contributed by atoms with Gasteiger partial charge in [0.1, 0.15) is 0 Å². The third-order valence-electron chi connectivity index (χ3n) is 6.05. The first-order valence-electron chi connectivity index (χ1n) is 10.1. The topological polar surface area (TPSA) is 36.0 Å². The zero-order chi connectivity index (χ0) is 16.8. The van der Waals surface area contributed by atoms with E-state index in [4.69, 9.17) is 4.74 Å². The number of hydrogen-bond donors (Lipinski definition) is 0. The van der Waals surface area contributed by atoms with E-state index in [0.717, 1.165) is 58.7 Å². The van der Waals surface area contributed by atoms with Crippen molar-refractivity contribution in [2.24, 2.45) is 0 Å². The maximum Gasteiger partial charge on any atom is 0.240 e. The van der Waals surface area contributed by atoms with Gasteiger partial charge in [-0.2, -0.15) is 0 Å². The molecule has 1 aliphatic carbocycles. The van der Waals surface area contributed by atoms with Crippen molar-refractivity contribution in [2.45, 2.75) is 63.5 Å². The first kappa shape index (κ1) is 18.2. The summed E-state index contributed by atoms with van der Waals surface area (Å²) >= 11 is 0. The number of carbonyl (C=O) groups excluding carboxylic acids is 1. The molecule has 2 saturated heterocycles. The van der Waals surface area contributed by atoms with Gasteiger partial charge in [-0.25, -0.2) is 0 Å². The van der Waals surface area contributed by atoms with E-state index in [9.17, 15) is 4.79 Å². The van der Waals surface area contributed by atoms with Gasteiger partial charge in [0.15, 0.2) is 0 Å². The van der Waals surface area contributed by atoms with Crippen molar-refractivity contribution in [1.29, 1.82) is 0 Å². The third kappa shape index (κ3) is 4.93. The average molecular weight is 338 g/mol. The highest BCUT2D eigenvalue weighted by molar-refractivity contribution is 5.82. The zero-order valence-corrected chi connectivity index (χ0v) is 15.4. The standard InChI is InChI=1S/C19H35N3O2/c1-20-10-6-9-18(20)19(23)22-13-11-21(12-14-22)15-16-24-17-7-4-2-3-5-8-17/h17-18H,2-16H2,1H3. The van der Waals surface area contributed by atoms with Crippen molar-refractivity contribution in [3.8, 4) is 0 Å². The molecule has 3 rings (SSSR count). The highest BCUT2D eigenvalue weighted by Gasteiger charge is 2.32. The normalized spacial score (nSPS) is 28.2. The smallest absolute Gasteiger partial charge is 0.240 e. The van der Waals surface area contributed by atoms with Crippen LogP contribution >= 0.6 is 0 Å². The number of likely N-dealkylation sites (N-methyl/N-ethyl adjacent to an activating group) is 1. The molecule has 2 heterocycles. The molecule has 5 nitrogen and oxygen atoms in total. The van der Waals surface area contributed by atoms with Gasteiger partial charge < -0.3 is 9.64 Å². The van der Waals surface area contributed by atoms with E-state index >= 15 is 0 Å². The Morgan fingerprint density at radius 2 is 1.62 bits per heavy atom. The third-order valence-corrected chi connectivity index (χ3v) is 6.05. The second kappa shape index (κ2) is 9.16. The van der Waals surface area contributed by atoms with E-state index in [1.807, 2.05) is 0 Å². The summed E-state index contributed by atoms with van der Waals surface area (Å²) in [5.74, 6) is 0.351. The maximum absolute atomic E-state index is 12.6. The van der Waals surface area contributed by atoms with Crippen molar-refractivity contribution < 1.29 is 9.53 Å². The summed E-state index contributed by atoms with van der Waals surface area (Å²) in [7, 11) is 2.08. The Kier molecular flexibility index (Phi) is 6.93. The molecule has 1 saturated carbocycles. The van der Waals surface area contributed by atoms with E-state index in [-0.39, 0.29) is 6.04 Å². The maximum atomic E-state index is 12.6. The molecule has 0 aromatic rings. The van der Waals surface area contributed by atoms with Gasteiger partial charge in [-0.3, -0.25) is 14.6 Å². The van der Waals surface area contributed by atoms with Crippen LogP contribution in [-0.4, -0.2) is 85.7 Å². The monoisotopic (exact) mass is 337 g/mol. The molecule has 138 valence electrons. The Morgan fingerprint density at radius 3 is 2.25 bits per heavy atom. The molecular formula is C19H35N3O2. The van der Waals surface area contributed by atoms with Crippen molar-refractivity contribution in [2.75, 3.05) is 52.9 Å². The Labute approximate surface area is 147 Å². The van der Waals surface area contributed by atoms with Crippen molar-refractivity contribution in [1.82, 2.24) is 14.7 Å². The predicted molar refractivity (Wildman–Crippen MR) is 96.1 cm³/mol. The average Bonchev–Trinajstić information content (AvgIpc) is 2.86. The molecule has 1 unspecified atom stereocenters. The van der Waals surface area contributed by atoms with Gasteiger partial charge >= 0.3 is 0 Å². The van der Waals surface area contributed by atoms with Crippen LogP contribution < -0.4 is 0 Å². The SMILES string of the molecule is CN1CCCC1C(=O)N1CCN(CCOC2CCCCCC2)CC1. The highest BCUT2D eigenvalue weighted by Crippen LogP contribution is 2.20. The molecule has 0 spiro atoms. The van der Waals surface area contributed by atoms with Crippen LogP contribution in [0, 0.1) is 0 Å². The van der Waals surface area contributed by atoms with E-state index in [1.165, 1.54) is 38.5 Å². The van der Waals surface area contributed by atoms with E-state index in [2.05, 4.69) is 21.7 Å². The van der Waals surface area contributed by atoms with Crippen LogP contribution in [0.2, 0.25) is 0 Å². The first-order valence-corrected chi connectivity index (χ1v) is 10.1. The summed E-state index contributed by atoms with van der Waals surface area (Å²) < 4.78 is 6.11. The van der Waals surface area contributed by atoms with Crippen LogP contribution in [-0.2, 0) is 9.53 Å². The van der Waals surface area contributed by atoms with Gasteiger partial charge in [0.25, 0.3) is 0 Å². The van der Waals surface area contributed by atoms with Crippen molar-refractivity contribution in [3.05, 3.63) is 0 Å². The fraction of sp³-hybridized carbons (Fsp3) is 0.947. The summed E-state index contributed by atoms with van der Waals surface area (Å²) in [5.41, 5.74) is 0. The number of amides is 1. The quantitative estimate of drug-likeness (QED) is 0.719. The fourth-order valence-electron chi connectivity index (χ4n) is 4.38. The van der Waals surface area contributed by atoms with Gasteiger partial charge in [-0.15, -0.1) is 0 Å². The Balaban J connectivity index is 1.32. The molecule has 1 atom stereocenters. The van der Waals surface area contributed by atoms with Crippen molar-refractivity contribution >= 4 is 5.91 Å². The van der Waals surface area contributed by atoms with Crippen LogP contribution in [0.25, 0.3) is 0 Å². The van der Waals surface area contributed by atoms with Gasteiger partial charge in [-0.1, -0.05) is 25.7 Å². The minimum atomic E-state index is 0.134. The number of hydrogen-bond acceptors (Lipinski definition) is 4. The predicted octanol–water partition coefficient (Wildman–Crippen LogP) is 1.96. The number of piperazine rings is 1. The molecule has 0 bridgehead atoms. The lowest BCUT2D eigenvalue weighted by Gasteiger charge is -2.37. The minimum Gasteiger partial charge on any atom is -0.377 e. The summed E-state index contributed by atoms with van der Waals surface area (Å²) in [4.78, 5) is 19.4. The Bertz CT molecular complexity index is 388. The number of carbonyl (C=O) groups is 1. The molecule has 3 fully saturated rings. The summed E-state index contributed by atoms with van der Waals surface area (Å²) in [5, 5.41) is 0. The molecule has 1 amide bonds. The van der Waals surface area contributed by atoms with E-state index < -0.39 is 0 Å². The number of nitrogens with zero attached hydrogens (tertiary/aromatic N) is 3. The lowest BCUT2D eigenvalue weighted by Crippen LogP contribution is -2.53. The highest BCUT2D eigenvalue weighted by atomic mass is 16.5. The molecule has 24 heavy (non-hydrogen) atoms. The second-order valence-electron chi connectivity index (χ2n) is 7.79. The van der Waals surface area contributed by atoms with Crippen LogP contribution in [0.15, 0.2) is 0 Å². The lowest BCUT2D eigenvalue weighted by molar-refractivity contribution is -0.137. The van der Waals surface area contributed by atoms with Crippen molar-refractivity contribution in [3.63, 3.8) is 0 Å². The second-order valence-corrected chi connectivity index (χ2v) is 7.79. The molecule has 0 aromatic heterocycles. The van der Waals surface area contributed by atoms with Crippen LogP contribution in [0.3, 0.4) is 0 Å². The zero-order valence-electron chi connectivity index (χ0n) is 15.4. The van der Waals surface area contributed by atoms with Gasteiger partial charge in [0.2, 0.25) is 5.91 Å². The number of likely N-dealkylation sites (tertiary alicyclic amines) is 1. The molecular weight excluding hydrogens is 302 g/mol. The van der Waals surface area contributed by atoms with E-state index in [0.29, 0.717) is 12.0 Å². The number of rotatable bonds is 5. The Hall–Kier alpha value is -0.650. The number of ether oxygens (including phenoxy) is 1. The molecule has 3 aliphatic rings. The van der Waals surface area contributed by atoms with Gasteiger partial charge in [0.05, 0.1) is 18.8 Å². The largest absolute Gasteiger partial charge is 0.377 e. The van der Waals surface area contributed by atoms with Crippen LogP contribution in [0.4, 0.5) is 0 Å². The van der Waals surface area contributed by atoms with Crippen LogP contribution in [0.1, 0.15) is 51.4 Å². The van der Waals surface area contributed by atoms with Gasteiger partial charge in [-0.05, 0) is 39.3 Å². The Morgan fingerprint density at radius 1 is 0.917 bits per heavy atom. The summed E-state index contributed by atoms with van der Waals surface area (Å²) in [6.07, 6.45) is 10.6. The molecule has 0 aromatic carbocycles.